The van der Waals surface area contributed by atoms with Crippen LogP contribution in [0.4, 0.5) is 17.1 Å². The van der Waals surface area contributed by atoms with Crippen molar-refractivity contribution < 1.29 is 27.8 Å². The monoisotopic (exact) mass is 497 g/mol. The summed E-state index contributed by atoms with van der Waals surface area (Å²) in [7, 11) is 1.23. The van der Waals surface area contributed by atoms with Crippen molar-refractivity contribution in [3.63, 3.8) is 0 Å². The summed E-state index contributed by atoms with van der Waals surface area (Å²) in [5.41, 5.74) is 8.03. The van der Waals surface area contributed by atoms with Crippen LogP contribution in [-0.2, 0) is 16.0 Å². The molecule has 1 atom stereocenters. The van der Waals surface area contributed by atoms with Gasteiger partial charge in [-0.15, -0.1) is 0 Å². The van der Waals surface area contributed by atoms with Crippen LogP contribution in [0.15, 0.2) is 60.7 Å². The van der Waals surface area contributed by atoms with E-state index in [4.69, 9.17) is 19.9 Å². The highest BCUT2D eigenvalue weighted by Gasteiger charge is 2.21. The smallest absolute Gasteiger partial charge is 0.340 e. The number of nitrogens with two attached hydrogens (primary N) is 1. The molecule has 0 aliphatic rings. The predicted molar refractivity (Wildman–Crippen MR) is 136 cm³/mol. The topological polar surface area (TPSA) is 114 Å². The van der Waals surface area contributed by atoms with Crippen LogP contribution in [-0.4, -0.2) is 28.4 Å². The fourth-order valence-electron chi connectivity index (χ4n) is 3.39. The number of carbonyl (C=O) groups excluding carboxylic acids is 1. The lowest BCUT2D eigenvalue weighted by Crippen LogP contribution is -2.22. The maximum Gasteiger partial charge on any atom is 0.340 e. The van der Waals surface area contributed by atoms with Crippen LogP contribution in [0.25, 0.3) is 0 Å². The molecule has 0 saturated heterocycles. The van der Waals surface area contributed by atoms with Crippen LogP contribution < -0.4 is 19.5 Å². The summed E-state index contributed by atoms with van der Waals surface area (Å²) in [4.78, 5) is 12.6. The third-order valence-corrected chi connectivity index (χ3v) is 5.94. The van der Waals surface area contributed by atoms with Crippen molar-refractivity contribution in [1.29, 1.82) is 0 Å². The van der Waals surface area contributed by atoms with E-state index >= 15 is 0 Å². The molecular weight excluding hydrogens is 468 g/mol. The minimum absolute atomic E-state index is 0.0289. The number of esters is 1. The molecule has 8 nitrogen and oxygen atoms in total. The Bertz CT molecular complexity index is 1180. The molecule has 0 bridgehead atoms. The largest absolute Gasteiger partial charge is 0.755 e. The van der Waals surface area contributed by atoms with Crippen molar-refractivity contribution in [3.8, 4) is 17.2 Å². The van der Waals surface area contributed by atoms with Gasteiger partial charge < -0.3 is 24.5 Å². The first-order chi connectivity index (χ1) is 16.8. The van der Waals surface area contributed by atoms with Gasteiger partial charge in [0, 0.05) is 6.07 Å². The number of aryl methyl sites for hydroxylation is 1. The molecule has 0 amide bonds. The molecule has 3 aromatic rings. The Morgan fingerprint density at radius 1 is 1.03 bits per heavy atom. The molecule has 0 aliphatic carbocycles. The standard InChI is InChI=1S/C26H30N2O6S/c1-4-5-6-15-33-25-17-21(11-13-23(25)27)34-20-12-14-24(22(16-20)26(29)32-3)28(35(30)31)19-9-7-18(2)8-10-19/h7-14,16-17H,4-6,15,27H2,1-3H3,(H,30,31)/p-1. The molecule has 1 unspecified atom stereocenters. The Morgan fingerprint density at radius 2 is 1.71 bits per heavy atom. The summed E-state index contributed by atoms with van der Waals surface area (Å²) in [5.74, 6) is 0.577. The molecule has 35 heavy (non-hydrogen) atoms. The van der Waals surface area contributed by atoms with Gasteiger partial charge >= 0.3 is 5.97 Å². The predicted octanol–water partition coefficient (Wildman–Crippen LogP) is 5.66. The first-order valence-corrected chi connectivity index (χ1v) is 12.3. The maximum atomic E-state index is 12.6. The molecule has 9 heteroatoms. The van der Waals surface area contributed by atoms with Crippen LogP contribution in [0.2, 0.25) is 0 Å². The fourth-order valence-corrected chi connectivity index (χ4v) is 4.00. The molecule has 3 aromatic carbocycles. The van der Waals surface area contributed by atoms with Gasteiger partial charge in [-0.3, -0.25) is 8.51 Å². The van der Waals surface area contributed by atoms with E-state index in [0.717, 1.165) is 29.1 Å². The van der Waals surface area contributed by atoms with Gasteiger partial charge in [-0.2, -0.15) is 0 Å². The molecular formula is C26H29N2O6S-. The third-order valence-electron chi connectivity index (χ3n) is 5.24. The highest BCUT2D eigenvalue weighted by molar-refractivity contribution is 7.81. The normalized spacial score (nSPS) is 11.5. The molecule has 0 heterocycles. The van der Waals surface area contributed by atoms with E-state index in [-0.39, 0.29) is 11.3 Å². The number of rotatable bonds is 11. The number of ether oxygens (including phenoxy) is 3. The highest BCUT2D eigenvalue weighted by Crippen LogP contribution is 2.35. The summed E-state index contributed by atoms with van der Waals surface area (Å²) in [6.07, 6.45) is 3.07. The summed E-state index contributed by atoms with van der Waals surface area (Å²) in [6.45, 7) is 4.56. The number of nitrogens with zero attached hydrogens (tertiary/aromatic N) is 1. The van der Waals surface area contributed by atoms with E-state index in [0.29, 0.717) is 35.2 Å². The van der Waals surface area contributed by atoms with Gasteiger partial charge in [-0.25, -0.2) is 4.79 Å². The SMILES string of the molecule is CCCCCOc1cc(Oc2ccc(N(c3ccc(C)cc3)S(=O)[O-])c(C(=O)OC)c2)ccc1N. The van der Waals surface area contributed by atoms with Crippen LogP contribution in [0, 0.1) is 6.92 Å². The van der Waals surface area contributed by atoms with Gasteiger partial charge in [0.2, 0.25) is 0 Å². The van der Waals surface area contributed by atoms with Crippen LogP contribution in [0.1, 0.15) is 42.1 Å². The van der Waals surface area contributed by atoms with E-state index in [2.05, 4.69) is 6.92 Å². The fraction of sp³-hybridized carbons (Fsp3) is 0.269. The second-order valence-corrected chi connectivity index (χ2v) is 8.67. The number of nitrogen functional groups attached to an aromatic ring is 1. The molecule has 0 aromatic heterocycles. The number of methoxy groups -OCH3 is 1. The van der Waals surface area contributed by atoms with Gasteiger partial charge in [0.15, 0.2) is 0 Å². The van der Waals surface area contributed by atoms with Crippen molar-refractivity contribution in [2.75, 3.05) is 23.8 Å². The Balaban J connectivity index is 1.92. The second-order valence-electron chi connectivity index (χ2n) is 7.87. The molecule has 2 N–H and O–H groups in total. The minimum atomic E-state index is -2.69. The van der Waals surface area contributed by atoms with Gasteiger partial charge in [0.25, 0.3) is 0 Å². The number of anilines is 3. The molecule has 0 fully saturated rings. The Hall–Kier alpha value is -3.56. The van der Waals surface area contributed by atoms with Crippen LogP contribution in [0.5, 0.6) is 17.2 Å². The van der Waals surface area contributed by atoms with Crippen LogP contribution >= 0.6 is 0 Å². The minimum Gasteiger partial charge on any atom is -0.755 e. The lowest BCUT2D eigenvalue weighted by Gasteiger charge is -2.28. The quantitative estimate of drug-likeness (QED) is 0.157. The number of hydrogen-bond donors (Lipinski definition) is 1. The van der Waals surface area contributed by atoms with E-state index in [1.165, 1.54) is 19.2 Å². The van der Waals surface area contributed by atoms with Crippen molar-refractivity contribution in [1.82, 2.24) is 0 Å². The molecule has 0 spiro atoms. The average molecular weight is 498 g/mol. The maximum absolute atomic E-state index is 12.6. The first-order valence-electron chi connectivity index (χ1n) is 11.2. The zero-order valence-electron chi connectivity index (χ0n) is 20.0. The zero-order valence-corrected chi connectivity index (χ0v) is 20.8. The number of benzene rings is 3. The lowest BCUT2D eigenvalue weighted by molar-refractivity contribution is 0.0601. The number of carbonyl (C=O) groups is 1. The Morgan fingerprint density at radius 3 is 2.37 bits per heavy atom. The van der Waals surface area contributed by atoms with Crippen molar-refractivity contribution in [2.24, 2.45) is 0 Å². The Labute approximate surface area is 208 Å². The Kier molecular flexibility index (Phi) is 9.11. The van der Waals surface area contributed by atoms with Crippen LogP contribution in [0.3, 0.4) is 0 Å². The number of hydrogen-bond acceptors (Lipinski definition) is 7. The van der Waals surface area contributed by atoms with Gasteiger partial charge in [-0.1, -0.05) is 37.5 Å². The second kappa shape index (κ2) is 12.2. The molecule has 3 rings (SSSR count). The lowest BCUT2D eigenvalue weighted by atomic mass is 10.1. The molecule has 0 radical (unpaired) electrons. The first kappa shape index (κ1) is 26.1. The van der Waals surface area contributed by atoms with Gasteiger partial charge in [0.1, 0.15) is 17.2 Å². The zero-order chi connectivity index (χ0) is 25.4. The summed E-state index contributed by atoms with van der Waals surface area (Å²) >= 11 is -2.69. The van der Waals surface area contributed by atoms with Gasteiger partial charge in [0.05, 0.1) is 47.6 Å². The highest BCUT2D eigenvalue weighted by atomic mass is 32.2. The third kappa shape index (κ3) is 6.74. The van der Waals surface area contributed by atoms with Crippen molar-refractivity contribution in [2.45, 2.75) is 33.1 Å². The summed E-state index contributed by atoms with van der Waals surface area (Å²) in [5, 5.41) is 0. The van der Waals surface area contributed by atoms with E-state index in [1.54, 1.807) is 48.5 Å². The van der Waals surface area contributed by atoms with E-state index in [9.17, 15) is 13.6 Å². The average Bonchev–Trinajstić information content (AvgIpc) is 2.85. The van der Waals surface area contributed by atoms with Crippen molar-refractivity contribution >= 4 is 34.3 Å². The number of unbranched alkanes of at least 4 members (excludes halogenated alkanes) is 2. The summed E-state index contributed by atoms with van der Waals surface area (Å²) in [6, 6.07) is 16.4. The van der Waals surface area contributed by atoms with E-state index in [1.807, 2.05) is 6.92 Å². The van der Waals surface area contributed by atoms with Crippen molar-refractivity contribution in [3.05, 3.63) is 71.8 Å². The summed E-state index contributed by atoms with van der Waals surface area (Å²) < 4.78 is 41.9. The van der Waals surface area contributed by atoms with Gasteiger partial charge in [-0.05, 0) is 55.8 Å². The van der Waals surface area contributed by atoms with E-state index < -0.39 is 17.2 Å². The molecule has 0 saturated carbocycles. The molecule has 186 valence electrons. The molecule has 0 aliphatic heterocycles.